The summed E-state index contributed by atoms with van der Waals surface area (Å²) in [6.07, 6.45) is 0. The molecule has 0 atom stereocenters. The molecule has 0 aliphatic heterocycles. The number of aryl methyl sites for hydroxylation is 2. The van der Waals surface area contributed by atoms with Gasteiger partial charge in [0, 0.05) is 28.0 Å². The Morgan fingerprint density at radius 2 is 1.68 bits per heavy atom. The van der Waals surface area contributed by atoms with Crippen LogP contribution < -0.4 is 10.9 Å². The lowest BCUT2D eigenvalue weighted by Gasteiger charge is -2.07. The first-order valence-corrected chi connectivity index (χ1v) is 14.4. The summed E-state index contributed by atoms with van der Waals surface area (Å²) in [6, 6.07) is 23.6. The van der Waals surface area contributed by atoms with Crippen LogP contribution in [0.3, 0.4) is 0 Å². The summed E-state index contributed by atoms with van der Waals surface area (Å²) in [5.41, 5.74) is 5.57. The van der Waals surface area contributed by atoms with Crippen molar-refractivity contribution in [2.45, 2.75) is 29.7 Å². The number of nitrogens with one attached hydrogen (secondary N) is 2. The zero-order chi connectivity index (χ0) is 25.8. The first-order chi connectivity index (χ1) is 17.9. The fourth-order valence-electron chi connectivity index (χ4n) is 3.60. The molecule has 0 unspecified atom stereocenters. The molecule has 0 aliphatic rings. The Morgan fingerprint density at radius 1 is 0.919 bits per heavy atom. The number of H-pyrrole nitrogens is 1. The van der Waals surface area contributed by atoms with Crippen LogP contribution >= 0.6 is 34.9 Å². The first-order valence-electron chi connectivity index (χ1n) is 11.6. The van der Waals surface area contributed by atoms with Gasteiger partial charge in [0.25, 0.3) is 5.56 Å². The minimum atomic E-state index is -0.224. The minimum absolute atomic E-state index is 0.135. The molecule has 0 spiro atoms. The van der Waals surface area contributed by atoms with Crippen molar-refractivity contribution in [3.63, 3.8) is 0 Å². The van der Waals surface area contributed by atoms with E-state index in [1.165, 1.54) is 29.0 Å². The monoisotopic (exact) mass is 544 g/mol. The van der Waals surface area contributed by atoms with Gasteiger partial charge in [0.05, 0.1) is 21.7 Å². The Bertz CT molecular complexity index is 1610. The molecule has 0 aliphatic carbocycles. The molecule has 9 heteroatoms. The highest BCUT2D eigenvalue weighted by Crippen LogP contribution is 2.31. The van der Waals surface area contributed by atoms with Crippen molar-refractivity contribution >= 4 is 56.7 Å². The van der Waals surface area contributed by atoms with Gasteiger partial charge in [-0.2, -0.15) is 0 Å². The predicted octanol–water partition coefficient (Wildman–Crippen LogP) is 6.69. The van der Waals surface area contributed by atoms with E-state index < -0.39 is 0 Å². The summed E-state index contributed by atoms with van der Waals surface area (Å²) >= 11 is 4.48. The van der Waals surface area contributed by atoms with Crippen molar-refractivity contribution in [3.05, 3.63) is 100.0 Å². The molecule has 0 fully saturated rings. The smallest absolute Gasteiger partial charge is 0.251 e. The zero-order valence-electron chi connectivity index (χ0n) is 20.3. The van der Waals surface area contributed by atoms with Crippen molar-refractivity contribution in [1.29, 1.82) is 0 Å². The van der Waals surface area contributed by atoms with Crippen LogP contribution in [0.1, 0.15) is 16.8 Å². The fraction of sp³-hybridized carbons (Fsp3) is 0.143. The van der Waals surface area contributed by atoms with Gasteiger partial charge in [-0.15, -0.1) is 23.1 Å². The number of thiazole rings is 1. The van der Waals surface area contributed by atoms with Gasteiger partial charge in [0.2, 0.25) is 5.91 Å². The van der Waals surface area contributed by atoms with Crippen LogP contribution in [-0.4, -0.2) is 26.6 Å². The predicted molar refractivity (Wildman–Crippen MR) is 155 cm³/mol. The third-order valence-electron chi connectivity index (χ3n) is 5.48. The van der Waals surface area contributed by atoms with Crippen molar-refractivity contribution in [2.24, 2.45) is 0 Å². The number of hydrogen-bond acceptors (Lipinski definition) is 7. The number of nitrogens with zero attached hydrogens (tertiary/aromatic N) is 2. The Kier molecular flexibility index (Phi) is 7.73. The number of thioether (sulfide) groups is 2. The van der Waals surface area contributed by atoms with Crippen molar-refractivity contribution in [1.82, 2.24) is 15.0 Å². The standard InChI is InChI=1S/C28H24N4O2S3/c1-17-3-10-22(11-4-17)35-15-21-14-25(33)32-28(30-21)36-16-26(34)29-20-8-6-19(7-9-20)27-31-23-12-5-18(2)13-24(23)37-27/h3-14H,15-16H2,1-2H3,(H,29,34)(H,30,32,33). The summed E-state index contributed by atoms with van der Waals surface area (Å²) in [4.78, 5) is 37.7. The van der Waals surface area contributed by atoms with E-state index in [1.54, 1.807) is 23.1 Å². The molecule has 3 aromatic carbocycles. The van der Waals surface area contributed by atoms with Crippen molar-refractivity contribution < 1.29 is 4.79 Å². The molecular weight excluding hydrogens is 521 g/mol. The number of fused-ring (bicyclic) bond motifs is 1. The van der Waals surface area contributed by atoms with Crippen LogP contribution in [0.15, 0.2) is 87.6 Å². The number of rotatable bonds is 8. The third kappa shape index (κ3) is 6.68. The molecule has 2 heterocycles. The third-order valence-corrected chi connectivity index (χ3v) is 8.47. The maximum Gasteiger partial charge on any atom is 0.251 e. The number of hydrogen-bond donors (Lipinski definition) is 2. The highest BCUT2D eigenvalue weighted by atomic mass is 32.2. The molecule has 0 saturated carbocycles. The quantitative estimate of drug-likeness (QED) is 0.167. The fourth-order valence-corrected chi connectivity index (χ4v) is 6.15. The normalized spacial score (nSPS) is 11.1. The van der Waals surface area contributed by atoms with Gasteiger partial charge >= 0.3 is 0 Å². The van der Waals surface area contributed by atoms with E-state index in [1.807, 2.05) is 37.3 Å². The summed E-state index contributed by atoms with van der Waals surface area (Å²) in [5, 5.41) is 4.29. The van der Waals surface area contributed by atoms with Crippen LogP contribution in [0.4, 0.5) is 5.69 Å². The molecule has 5 aromatic rings. The Morgan fingerprint density at radius 3 is 2.46 bits per heavy atom. The molecule has 0 bridgehead atoms. The van der Waals surface area contributed by atoms with Crippen LogP contribution in [0, 0.1) is 13.8 Å². The largest absolute Gasteiger partial charge is 0.325 e. The number of carbonyl (C=O) groups is 1. The molecule has 5 rings (SSSR count). The van der Waals surface area contributed by atoms with E-state index >= 15 is 0 Å². The van der Waals surface area contributed by atoms with Gasteiger partial charge in [-0.1, -0.05) is 35.5 Å². The van der Waals surface area contributed by atoms with Crippen LogP contribution in [0.2, 0.25) is 0 Å². The number of aromatic nitrogens is 3. The molecular formula is C28H24N4O2S3. The summed E-state index contributed by atoms with van der Waals surface area (Å²) in [5.74, 6) is 0.541. The second kappa shape index (κ2) is 11.3. The van der Waals surface area contributed by atoms with Gasteiger partial charge < -0.3 is 10.3 Å². The summed E-state index contributed by atoms with van der Waals surface area (Å²) < 4.78 is 1.16. The second-order valence-corrected chi connectivity index (χ2v) is 11.6. The topological polar surface area (TPSA) is 87.7 Å². The van der Waals surface area contributed by atoms with Crippen LogP contribution in [0.5, 0.6) is 0 Å². The molecule has 37 heavy (non-hydrogen) atoms. The SMILES string of the molecule is Cc1ccc(SCc2cc(=O)[nH]c(SCC(=O)Nc3ccc(-c4nc5ccc(C)cc5s4)cc3)n2)cc1. The molecule has 186 valence electrons. The van der Waals surface area contributed by atoms with E-state index in [2.05, 4.69) is 58.6 Å². The number of aromatic amines is 1. The van der Waals surface area contributed by atoms with E-state index in [0.29, 0.717) is 22.3 Å². The second-order valence-electron chi connectivity index (χ2n) is 8.55. The Balaban J connectivity index is 1.16. The van der Waals surface area contributed by atoms with Gasteiger partial charge in [0.15, 0.2) is 5.16 Å². The van der Waals surface area contributed by atoms with Gasteiger partial charge in [-0.3, -0.25) is 9.59 Å². The molecule has 0 radical (unpaired) electrons. The molecule has 0 saturated heterocycles. The van der Waals surface area contributed by atoms with Crippen molar-refractivity contribution in [3.8, 4) is 10.6 Å². The highest BCUT2D eigenvalue weighted by molar-refractivity contribution is 7.99. The zero-order valence-corrected chi connectivity index (χ0v) is 22.7. The number of benzene rings is 3. The maximum absolute atomic E-state index is 12.5. The lowest BCUT2D eigenvalue weighted by atomic mass is 10.2. The molecule has 1 amide bonds. The highest BCUT2D eigenvalue weighted by Gasteiger charge is 2.10. The van der Waals surface area contributed by atoms with E-state index in [-0.39, 0.29) is 17.2 Å². The van der Waals surface area contributed by atoms with E-state index in [0.717, 1.165) is 25.7 Å². The molecule has 2 aromatic heterocycles. The van der Waals surface area contributed by atoms with Gasteiger partial charge in [-0.05, 0) is 67.9 Å². The maximum atomic E-state index is 12.5. The Hall–Kier alpha value is -3.40. The van der Waals surface area contributed by atoms with Gasteiger partial charge in [0.1, 0.15) is 5.01 Å². The Labute approximate surface area is 227 Å². The average molecular weight is 545 g/mol. The number of amides is 1. The minimum Gasteiger partial charge on any atom is -0.325 e. The van der Waals surface area contributed by atoms with Crippen LogP contribution in [0.25, 0.3) is 20.8 Å². The van der Waals surface area contributed by atoms with E-state index in [4.69, 9.17) is 4.98 Å². The molecule has 6 nitrogen and oxygen atoms in total. The average Bonchev–Trinajstić information content (AvgIpc) is 3.30. The lowest BCUT2D eigenvalue weighted by molar-refractivity contribution is -0.113. The molecule has 2 N–H and O–H groups in total. The number of anilines is 1. The van der Waals surface area contributed by atoms with E-state index in [9.17, 15) is 9.59 Å². The first kappa shape index (κ1) is 25.3. The summed E-state index contributed by atoms with van der Waals surface area (Å²) in [6.45, 7) is 4.12. The van der Waals surface area contributed by atoms with Crippen molar-refractivity contribution in [2.75, 3.05) is 11.1 Å². The number of carbonyl (C=O) groups excluding carboxylic acids is 1. The van der Waals surface area contributed by atoms with Gasteiger partial charge in [-0.25, -0.2) is 9.97 Å². The van der Waals surface area contributed by atoms with Crippen LogP contribution in [-0.2, 0) is 10.5 Å². The summed E-state index contributed by atoms with van der Waals surface area (Å²) in [7, 11) is 0. The lowest BCUT2D eigenvalue weighted by Crippen LogP contribution is -2.15.